The topological polar surface area (TPSA) is 46.3 Å². The number of rotatable bonds is 3. The minimum absolute atomic E-state index is 0.186. The van der Waals surface area contributed by atoms with Crippen LogP contribution in [0.25, 0.3) is 0 Å². The molecule has 0 atom stereocenters. The number of hydrogen-bond acceptors (Lipinski definition) is 2. The van der Waals surface area contributed by atoms with Crippen molar-refractivity contribution in [3.05, 3.63) is 29.3 Å². The number of anilines is 1. The van der Waals surface area contributed by atoms with Crippen LogP contribution in [0, 0.1) is 5.41 Å². The molecule has 0 radical (unpaired) electrons. The second-order valence-electron chi connectivity index (χ2n) is 6.01. The van der Waals surface area contributed by atoms with E-state index in [1.807, 2.05) is 7.05 Å². The third-order valence-corrected chi connectivity index (χ3v) is 4.72. The highest BCUT2D eigenvalue weighted by atomic mass is 16.2. The zero-order chi connectivity index (χ0) is 13.5. The first kappa shape index (κ1) is 12.7. The Hall–Kier alpha value is -1.35. The van der Waals surface area contributed by atoms with Gasteiger partial charge in [0.15, 0.2) is 0 Å². The Balaban J connectivity index is 1.84. The van der Waals surface area contributed by atoms with Crippen LogP contribution in [-0.4, -0.2) is 19.5 Å². The van der Waals surface area contributed by atoms with E-state index in [4.69, 9.17) is 5.73 Å². The summed E-state index contributed by atoms with van der Waals surface area (Å²) in [4.78, 5) is 14.3. The number of hydrogen-bond donors (Lipinski definition) is 1. The minimum atomic E-state index is -0.259. The SMILES string of the molecule is CN(C(=O)C1(CN)CC1)c1ccc2c(c1)CCCC2. The van der Waals surface area contributed by atoms with Crippen LogP contribution in [0.5, 0.6) is 0 Å². The van der Waals surface area contributed by atoms with Crippen molar-refractivity contribution in [2.75, 3.05) is 18.5 Å². The average molecular weight is 258 g/mol. The third-order valence-electron chi connectivity index (χ3n) is 4.72. The van der Waals surface area contributed by atoms with Crippen molar-refractivity contribution >= 4 is 11.6 Å². The summed E-state index contributed by atoms with van der Waals surface area (Å²) in [5.74, 6) is 0.186. The zero-order valence-corrected chi connectivity index (χ0v) is 11.6. The first-order chi connectivity index (χ1) is 9.16. The Kier molecular flexibility index (Phi) is 3.09. The molecule has 1 fully saturated rings. The highest BCUT2D eigenvalue weighted by Crippen LogP contribution is 2.46. The molecule has 3 heteroatoms. The van der Waals surface area contributed by atoms with Crippen LogP contribution < -0.4 is 10.6 Å². The van der Waals surface area contributed by atoms with Crippen molar-refractivity contribution < 1.29 is 4.79 Å². The number of carbonyl (C=O) groups is 1. The van der Waals surface area contributed by atoms with E-state index in [-0.39, 0.29) is 11.3 Å². The van der Waals surface area contributed by atoms with Gasteiger partial charge >= 0.3 is 0 Å². The van der Waals surface area contributed by atoms with Gasteiger partial charge in [0.2, 0.25) is 5.91 Å². The summed E-state index contributed by atoms with van der Waals surface area (Å²) in [6, 6.07) is 6.46. The predicted octanol–water partition coefficient (Wildman–Crippen LogP) is 2.27. The fourth-order valence-electron chi connectivity index (χ4n) is 3.06. The van der Waals surface area contributed by atoms with Crippen LogP contribution in [0.1, 0.15) is 36.8 Å². The molecule has 1 aromatic rings. The summed E-state index contributed by atoms with van der Waals surface area (Å²) in [5.41, 5.74) is 9.38. The number of amides is 1. The fraction of sp³-hybridized carbons (Fsp3) is 0.562. The first-order valence-electron chi connectivity index (χ1n) is 7.26. The van der Waals surface area contributed by atoms with Gasteiger partial charge in [0.1, 0.15) is 0 Å². The van der Waals surface area contributed by atoms with Gasteiger partial charge in [-0.25, -0.2) is 0 Å². The normalized spacial score (nSPS) is 19.7. The van der Waals surface area contributed by atoms with Crippen molar-refractivity contribution in [1.29, 1.82) is 0 Å². The monoisotopic (exact) mass is 258 g/mol. The number of aryl methyl sites for hydroxylation is 2. The molecule has 102 valence electrons. The van der Waals surface area contributed by atoms with Crippen LogP contribution >= 0.6 is 0 Å². The molecule has 2 aliphatic carbocycles. The number of nitrogens with zero attached hydrogens (tertiary/aromatic N) is 1. The van der Waals surface area contributed by atoms with Crippen LogP contribution in [0.4, 0.5) is 5.69 Å². The van der Waals surface area contributed by atoms with Gasteiger partial charge in [0.25, 0.3) is 0 Å². The Morgan fingerprint density at radius 2 is 1.95 bits per heavy atom. The maximum atomic E-state index is 12.5. The highest BCUT2D eigenvalue weighted by molar-refractivity contribution is 5.99. The second-order valence-corrected chi connectivity index (χ2v) is 6.01. The molecule has 3 nitrogen and oxygen atoms in total. The van der Waals surface area contributed by atoms with Gasteiger partial charge < -0.3 is 10.6 Å². The molecule has 0 aromatic heterocycles. The summed E-state index contributed by atoms with van der Waals surface area (Å²) < 4.78 is 0. The smallest absolute Gasteiger partial charge is 0.234 e. The summed E-state index contributed by atoms with van der Waals surface area (Å²) in [6.45, 7) is 0.473. The van der Waals surface area contributed by atoms with Crippen LogP contribution in [0.3, 0.4) is 0 Å². The van der Waals surface area contributed by atoms with Crippen molar-refractivity contribution in [2.45, 2.75) is 38.5 Å². The van der Waals surface area contributed by atoms with Gasteiger partial charge in [-0.15, -0.1) is 0 Å². The van der Waals surface area contributed by atoms with Crippen LogP contribution in [0.15, 0.2) is 18.2 Å². The van der Waals surface area contributed by atoms with E-state index in [1.165, 1.54) is 30.4 Å². The lowest BCUT2D eigenvalue weighted by atomic mass is 9.91. The molecule has 3 rings (SSSR count). The Morgan fingerprint density at radius 3 is 2.58 bits per heavy atom. The molecule has 1 amide bonds. The number of fused-ring (bicyclic) bond motifs is 1. The summed E-state index contributed by atoms with van der Waals surface area (Å²) in [5, 5.41) is 0. The van der Waals surface area contributed by atoms with Gasteiger partial charge in [-0.2, -0.15) is 0 Å². The Bertz CT molecular complexity index is 505. The van der Waals surface area contributed by atoms with E-state index >= 15 is 0 Å². The summed E-state index contributed by atoms with van der Waals surface area (Å²) in [7, 11) is 1.88. The molecule has 0 unspecified atom stereocenters. The van der Waals surface area contributed by atoms with Crippen molar-refractivity contribution in [3.8, 4) is 0 Å². The van der Waals surface area contributed by atoms with Gasteiger partial charge in [0, 0.05) is 19.3 Å². The second kappa shape index (κ2) is 4.64. The molecule has 0 saturated heterocycles. The van der Waals surface area contributed by atoms with Crippen molar-refractivity contribution in [1.82, 2.24) is 0 Å². The van der Waals surface area contributed by atoms with Crippen LogP contribution in [0.2, 0.25) is 0 Å². The van der Waals surface area contributed by atoms with E-state index < -0.39 is 0 Å². The van der Waals surface area contributed by atoms with Crippen LogP contribution in [-0.2, 0) is 17.6 Å². The zero-order valence-electron chi connectivity index (χ0n) is 11.6. The standard InChI is InChI=1S/C16H22N2O/c1-18(15(19)16(11-17)8-9-16)14-7-6-12-4-2-3-5-13(12)10-14/h6-7,10H,2-5,8-9,11,17H2,1H3. The third kappa shape index (κ3) is 2.16. The summed E-state index contributed by atoms with van der Waals surface area (Å²) >= 11 is 0. The molecule has 1 saturated carbocycles. The molecule has 2 N–H and O–H groups in total. The van der Waals surface area contributed by atoms with Crippen molar-refractivity contribution in [2.24, 2.45) is 11.1 Å². The largest absolute Gasteiger partial charge is 0.329 e. The average Bonchev–Trinajstić information content (AvgIpc) is 3.26. The van der Waals surface area contributed by atoms with Gasteiger partial charge in [-0.1, -0.05) is 6.07 Å². The lowest BCUT2D eigenvalue weighted by Gasteiger charge is -2.25. The minimum Gasteiger partial charge on any atom is -0.329 e. The Morgan fingerprint density at radius 1 is 1.26 bits per heavy atom. The molecular formula is C16H22N2O. The maximum absolute atomic E-state index is 12.5. The van der Waals surface area contributed by atoms with E-state index in [1.54, 1.807) is 4.90 Å². The first-order valence-corrected chi connectivity index (χ1v) is 7.26. The predicted molar refractivity (Wildman–Crippen MR) is 77.2 cm³/mol. The molecule has 0 spiro atoms. The summed E-state index contributed by atoms with van der Waals surface area (Å²) in [6.07, 6.45) is 6.76. The molecule has 2 aliphatic rings. The number of nitrogens with two attached hydrogens (primary N) is 1. The molecule has 19 heavy (non-hydrogen) atoms. The maximum Gasteiger partial charge on any atom is 0.234 e. The molecule has 0 heterocycles. The van der Waals surface area contributed by atoms with Crippen molar-refractivity contribution in [3.63, 3.8) is 0 Å². The van der Waals surface area contributed by atoms with Gasteiger partial charge in [-0.05, 0) is 61.8 Å². The molecule has 1 aromatic carbocycles. The van der Waals surface area contributed by atoms with Gasteiger partial charge in [0.05, 0.1) is 5.41 Å². The lowest BCUT2D eigenvalue weighted by molar-refractivity contribution is -0.123. The molecular weight excluding hydrogens is 236 g/mol. The van der Waals surface area contributed by atoms with E-state index in [2.05, 4.69) is 18.2 Å². The van der Waals surface area contributed by atoms with Gasteiger partial charge in [-0.3, -0.25) is 4.79 Å². The quantitative estimate of drug-likeness (QED) is 0.904. The molecule has 0 bridgehead atoms. The van der Waals surface area contributed by atoms with E-state index in [0.717, 1.165) is 24.9 Å². The Labute approximate surface area is 114 Å². The molecule has 0 aliphatic heterocycles. The fourth-order valence-corrected chi connectivity index (χ4v) is 3.06. The highest BCUT2D eigenvalue weighted by Gasteiger charge is 2.50. The number of benzene rings is 1. The van der Waals surface area contributed by atoms with E-state index in [9.17, 15) is 4.79 Å². The lowest BCUT2D eigenvalue weighted by Crippen LogP contribution is -2.38. The number of carbonyl (C=O) groups excluding carboxylic acids is 1. The van der Waals surface area contributed by atoms with E-state index in [0.29, 0.717) is 6.54 Å².